The van der Waals surface area contributed by atoms with E-state index in [0.717, 1.165) is 38.1 Å². The predicted octanol–water partition coefficient (Wildman–Crippen LogP) is 1.68. The Hall–Kier alpha value is -2.44. The van der Waals surface area contributed by atoms with Crippen LogP contribution in [0.1, 0.15) is 53.7 Å². The summed E-state index contributed by atoms with van der Waals surface area (Å²) in [5, 5.41) is 15.4. The summed E-state index contributed by atoms with van der Waals surface area (Å²) in [6.45, 7) is 1.38. The van der Waals surface area contributed by atoms with Gasteiger partial charge in [-0.15, -0.1) is 0 Å². The highest BCUT2D eigenvalue weighted by atomic mass is 16.5. The summed E-state index contributed by atoms with van der Waals surface area (Å²) in [5.74, 6) is 2.22. The summed E-state index contributed by atoms with van der Waals surface area (Å²) in [6, 6.07) is 3.28. The molecule has 3 heterocycles. The smallest absolute Gasteiger partial charge is 0.259 e. The highest BCUT2D eigenvalue weighted by molar-refractivity contribution is 5.93. The number of piperidine rings is 1. The molecule has 2 aromatic rings. The van der Waals surface area contributed by atoms with Crippen molar-refractivity contribution in [3.8, 4) is 0 Å². The highest BCUT2D eigenvalue weighted by Crippen LogP contribution is 2.38. The molecule has 1 saturated carbocycles. The van der Waals surface area contributed by atoms with Gasteiger partial charge < -0.3 is 14.6 Å². The Labute approximate surface area is 139 Å². The third-order valence-electron chi connectivity index (χ3n) is 4.72. The standard InChI is InChI=1S/C17H20N4O3/c22-17(14-4-2-8-21(23)11-14)20-7-1-3-12(10-20)9-15-18-16(19-24-15)13-5-6-13/h2,4,8,11-13H,1,3,5-7,9-10H2. The van der Waals surface area contributed by atoms with E-state index < -0.39 is 0 Å². The van der Waals surface area contributed by atoms with Crippen molar-refractivity contribution in [2.45, 2.75) is 38.0 Å². The molecule has 0 N–H and O–H groups in total. The molecule has 1 aliphatic carbocycles. The number of rotatable bonds is 4. The SMILES string of the molecule is O=C(c1ccc[n+]([O-])c1)N1CCCC(Cc2nc(C3CC3)no2)C1. The minimum atomic E-state index is -0.0888. The second-order valence-corrected chi connectivity index (χ2v) is 6.74. The summed E-state index contributed by atoms with van der Waals surface area (Å²) in [5.41, 5.74) is 0.432. The zero-order valence-corrected chi connectivity index (χ0v) is 13.4. The van der Waals surface area contributed by atoms with Crippen molar-refractivity contribution in [2.24, 2.45) is 5.92 Å². The first kappa shape index (κ1) is 15.1. The Bertz CT molecular complexity index is 741. The van der Waals surface area contributed by atoms with Crippen LogP contribution in [0.5, 0.6) is 0 Å². The summed E-state index contributed by atoms with van der Waals surface area (Å²) in [6.07, 6.45) is 7.71. The van der Waals surface area contributed by atoms with E-state index >= 15 is 0 Å². The normalized spacial score (nSPS) is 21.0. The van der Waals surface area contributed by atoms with Gasteiger partial charge in [0.25, 0.3) is 5.91 Å². The Morgan fingerprint density at radius 2 is 2.29 bits per heavy atom. The number of nitrogens with zero attached hydrogens (tertiary/aromatic N) is 4. The van der Waals surface area contributed by atoms with Gasteiger partial charge in [-0.2, -0.15) is 9.71 Å². The molecule has 24 heavy (non-hydrogen) atoms. The lowest BCUT2D eigenvalue weighted by atomic mass is 9.94. The Balaban J connectivity index is 1.40. The van der Waals surface area contributed by atoms with Crippen LogP contribution in [0.15, 0.2) is 29.0 Å². The molecule has 0 spiro atoms. The van der Waals surface area contributed by atoms with Gasteiger partial charge in [-0.05, 0) is 37.7 Å². The van der Waals surface area contributed by atoms with Gasteiger partial charge in [-0.1, -0.05) is 5.16 Å². The monoisotopic (exact) mass is 328 g/mol. The van der Waals surface area contributed by atoms with E-state index in [2.05, 4.69) is 10.1 Å². The number of carbonyl (C=O) groups excluding carboxylic acids is 1. The van der Waals surface area contributed by atoms with Gasteiger partial charge >= 0.3 is 0 Å². The molecule has 0 bridgehead atoms. The first-order chi connectivity index (χ1) is 11.7. The van der Waals surface area contributed by atoms with E-state index in [4.69, 9.17) is 4.52 Å². The maximum absolute atomic E-state index is 12.6. The van der Waals surface area contributed by atoms with Crippen molar-refractivity contribution in [1.29, 1.82) is 0 Å². The average molecular weight is 328 g/mol. The molecule has 2 aliphatic rings. The number of carbonyl (C=O) groups is 1. The molecule has 1 atom stereocenters. The van der Waals surface area contributed by atoms with E-state index in [0.29, 0.717) is 41.0 Å². The van der Waals surface area contributed by atoms with Crippen LogP contribution in [0, 0.1) is 11.1 Å². The van der Waals surface area contributed by atoms with Gasteiger partial charge in [0.05, 0.1) is 0 Å². The minimum absolute atomic E-state index is 0.0888. The molecule has 4 rings (SSSR count). The fraction of sp³-hybridized carbons (Fsp3) is 0.529. The maximum Gasteiger partial charge on any atom is 0.259 e. The van der Waals surface area contributed by atoms with E-state index in [1.165, 1.54) is 12.4 Å². The van der Waals surface area contributed by atoms with Gasteiger partial charge in [-0.3, -0.25) is 4.79 Å². The van der Waals surface area contributed by atoms with Crippen molar-refractivity contribution in [3.63, 3.8) is 0 Å². The average Bonchev–Trinajstić information content (AvgIpc) is 3.34. The quantitative estimate of drug-likeness (QED) is 0.629. The van der Waals surface area contributed by atoms with Crippen LogP contribution >= 0.6 is 0 Å². The molecule has 1 aliphatic heterocycles. The van der Waals surface area contributed by atoms with E-state index in [1.807, 2.05) is 4.90 Å². The molecule has 2 aromatic heterocycles. The Morgan fingerprint density at radius 1 is 1.42 bits per heavy atom. The van der Waals surface area contributed by atoms with Gasteiger partial charge in [0.2, 0.25) is 5.89 Å². The first-order valence-electron chi connectivity index (χ1n) is 8.49. The van der Waals surface area contributed by atoms with Crippen molar-refractivity contribution in [3.05, 3.63) is 47.0 Å². The molecule has 7 heteroatoms. The fourth-order valence-corrected chi connectivity index (χ4v) is 3.29. The Kier molecular flexibility index (Phi) is 3.92. The lowest BCUT2D eigenvalue weighted by molar-refractivity contribution is -0.605. The zero-order chi connectivity index (χ0) is 16.5. The van der Waals surface area contributed by atoms with E-state index in [9.17, 15) is 10.0 Å². The number of likely N-dealkylation sites (tertiary alicyclic amines) is 1. The number of pyridine rings is 1. The number of amides is 1. The van der Waals surface area contributed by atoms with Crippen LogP contribution in [0.2, 0.25) is 0 Å². The first-order valence-corrected chi connectivity index (χ1v) is 8.49. The van der Waals surface area contributed by atoms with Crippen LogP contribution in [-0.2, 0) is 6.42 Å². The Morgan fingerprint density at radius 3 is 3.08 bits per heavy atom. The molecule has 0 radical (unpaired) electrons. The topological polar surface area (TPSA) is 86.2 Å². The van der Waals surface area contributed by atoms with Crippen LogP contribution < -0.4 is 4.73 Å². The number of hydrogen-bond acceptors (Lipinski definition) is 5. The largest absolute Gasteiger partial charge is 0.619 e. The molecular formula is C17H20N4O3. The molecule has 0 aromatic carbocycles. The van der Waals surface area contributed by atoms with Crippen LogP contribution in [0.3, 0.4) is 0 Å². The summed E-state index contributed by atoms with van der Waals surface area (Å²) in [7, 11) is 0. The molecule has 126 valence electrons. The molecule has 7 nitrogen and oxygen atoms in total. The molecule has 1 unspecified atom stereocenters. The second kappa shape index (κ2) is 6.22. The van der Waals surface area contributed by atoms with Crippen LogP contribution in [-0.4, -0.2) is 34.0 Å². The number of hydrogen-bond donors (Lipinski definition) is 0. The predicted molar refractivity (Wildman–Crippen MR) is 84.0 cm³/mol. The number of aromatic nitrogens is 3. The van der Waals surface area contributed by atoms with Crippen molar-refractivity contribution < 1.29 is 14.0 Å². The van der Waals surface area contributed by atoms with Crippen molar-refractivity contribution in [1.82, 2.24) is 15.0 Å². The lowest BCUT2D eigenvalue weighted by Gasteiger charge is -2.32. The van der Waals surface area contributed by atoms with Gasteiger partial charge in [-0.25, -0.2) is 0 Å². The van der Waals surface area contributed by atoms with Crippen LogP contribution in [0.4, 0.5) is 0 Å². The highest BCUT2D eigenvalue weighted by Gasteiger charge is 2.30. The molecule has 2 fully saturated rings. The van der Waals surface area contributed by atoms with Gasteiger partial charge in [0, 0.05) is 31.5 Å². The van der Waals surface area contributed by atoms with Gasteiger partial charge in [0.1, 0.15) is 5.56 Å². The minimum Gasteiger partial charge on any atom is -0.619 e. The summed E-state index contributed by atoms with van der Waals surface area (Å²) in [4.78, 5) is 18.9. The van der Waals surface area contributed by atoms with Crippen molar-refractivity contribution in [2.75, 3.05) is 13.1 Å². The van der Waals surface area contributed by atoms with E-state index in [-0.39, 0.29) is 5.91 Å². The third kappa shape index (κ3) is 3.25. The maximum atomic E-state index is 12.6. The molecule has 1 saturated heterocycles. The summed E-state index contributed by atoms with van der Waals surface area (Å²) < 4.78 is 6.01. The zero-order valence-electron chi connectivity index (χ0n) is 13.4. The summed E-state index contributed by atoms with van der Waals surface area (Å²) >= 11 is 0. The van der Waals surface area contributed by atoms with E-state index in [1.54, 1.807) is 12.1 Å². The fourth-order valence-electron chi connectivity index (χ4n) is 3.29. The second-order valence-electron chi connectivity index (χ2n) is 6.74. The van der Waals surface area contributed by atoms with Crippen LogP contribution in [0.25, 0.3) is 0 Å². The molecule has 1 amide bonds. The van der Waals surface area contributed by atoms with Gasteiger partial charge in [0.15, 0.2) is 18.2 Å². The van der Waals surface area contributed by atoms with Crippen molar-refractivity contribution >= 4 is 5.91 Å². The lowest BCUT2D eigenvalue weighted by Crippen LogP contribution is -2.41. The molecular weight excluding hydrogens is 308 g/mol. The third-order valence-corrected chi connectivity index (χ3v) is 4.72.